The molecule has 1 unspecified atom stereocenters. The highest BCUT2D eigenvalue weighted by Gasteiger charge is 2.31. The Kier molecular flexibility index (Phi) is 3.45. The normalized spacial score (nSPS) is 13.3. The SMILES string of the molecule is CC(C)(C)C(=O)C(F)Oc1ccccc1. The van der Waals surface area contributed by atoms with E-state index in [2.05, 4.69) is 0 Å². The highest BCUT2D eigenvalue weighted by Crippen LogP contribution is 2.21. The summed E-state index contributed by atoms with van der Waals surface area (Å²) in [5.41, 5.74) is -0.728. The van der Waals surface area contributed by atoms with Gasteiger partial charge in [-0.15, -0.1) is 0 Å². The van der Waals surface area contributed by atoms with Crippen molar-refractivity contribution in [2.24, 2.45) is 5.41 Å². The van der Waals surface area contributed by atoms with Crippen LogP contribution in [0.1, 0.15) is 20.8 Å². The first-order valence-corrected chi connectivity index (χ1v) is 4.81. The number of ether oxygens (including phenoxy) is 1. The lowest BCUT2D eigenvalue weighted by Crippen LogP contribution is -2.33. The van der Waals surface area contributed by atoms with Crippen LogP contribution in [0.2, 0.25) is 0 Å². The van der Waals surface area contributed by atoms with E-state index in [0.717, 1.165) is 0 Å². The zero-order valence-corrected chi connectivity index (χ0v) is 9.16. The van der Waals surface area contributed by atoms with Gasteiger partial charge >= 0.3 is 0 Å². The van der Waals surface area contributed by atoms with Gasteiger partial charge in [0.15, 0.2) is 0 Å². The smallest absolute Gasteiger partial charge is 0.297 e. The summed E-state index contributed by atoms with van der Waals surface area (Å²) in [5, 5.41) is 0. The van der Waals surface area contributed by atoms with Crippen LogP contribution in [-0.2, 0) is 4.79 Å². The van der Waals surface area contributed by atoms with Gasteiger partial charge in [0.1, 0.15) is 5.75 Å². The zero-order valence-electron chi connectivity index (χ0n) is 9.16. The maximum Gasteiger partial charge on any atom is 0.297 e. The predicted molar refractivity (Wildman–Crippen MR) is 56.4 cm³/mol. The van der Waals surface area contributed by atoms with E-state index in [9.17, 15) is 9.18 Å². The molecule has 15 heavy (non-hydrogen) atoms. The fraction of sp³-hybridized carbons (Fsp3) is 0.417. The Morgan fingerprint density at radius 3 is 2.27 bits per heavy atom. The van der Waals surface area contributed by atoms with Gasteiger partial charge in [-0.2, -0.15) is 4.39 Å². The summed E-state index contributed by atoms with van der Waals surface area (Å²) in [7, 11) is 0. The van der Waals surface area contributed by atoms with Gasteiger partial charge in [0.05, 0.1) is 0 Å². The second-order valence-electron chi connectivity index (χ2n) is 4.36. The van der Waals surface area contributed by atoms with Crippen molar-refractivity contribution in [2.75, 3.05) is 0 Å². The van der Waals surface area contributed by atoms with Crippen LogP contribution in [0.15, 0.2) is 30.3 Å². The highest BCUT2D eigenvalue weighted by molar-refractivity contribution is 5.86. The molecule has 0 amide bonds. The molecule has 0 aliphatic heterocycles. The molecule has 1 aromatic rings. The summed E-state index contributed by atoms with van der Waals surface area (Å²) in [6.07, 6.45) is -1.90. The summed E-state index contributed by atoms with van der Waals surface area (Å²) < 4.78 is 18.3. The third-order valence-corrected chi connectivity index (χ3v) is 1.93. The maximum atomic E-state index is 13.4. The van der Waals surface area contributed by atoms with E-state index in [1.807, 2.05) is 0 Å². The number of carbonyl (C=O) groups is 1. The van der Waals surface area contributed by atoms with Crippen LogP contribution >= 0.6 is 0 Å². The number of alkyl halides is 1. The molecule has 0 fully saturated rings. The van der Waals surface area contributed by atoms with E-state index in [1.54, 1.807) is 51.1 Å². The van der Waals surface area contributed by atoms with E-state index < -0.39 is 17.6 Å². The minimum atomic E-state index is -1.90. The Labute approximate surface area is 89.1 Å². The number of benzene rings is 1. The molecule has 0 bridgehead atoms. The Balaban J connectivity index is 2.65. The van der Waals surface area contributed by atoms with Crippen molar-refractivity contribution in [1.82, 2.24) is 0 Å². The molecule has 0 spiro atoms. The number of Topliss-reactive ketones (excluding diaryl/α,β-unsaturated/α-hetero) is 1. The fourth-order valence-corrected chi connectivity index (χ4v) is 1.01. The molecule has 0 radical (unpaired) electrons. The zero-order chi connectivity index (χ0) is 11.5. The molecular formula is C12H15FO2. The van der Waals surface area contributed by atoms with Crippen LogP contribution < -0.4 is 4.74 Å². The molecule has 0 saturated carbocycles. The Morgan fingerprint density at radius 2 is 1.80 bits per heavy atom. The minimum absolute atomic E-state index is 0.364. The highest BCUT2D eigenvalue weighted by atomic mass is 19.1. The summed E-state index contributed by atoms with van der Waals surface area (Å²) in [6, 6.07) is 8.48. The van der Waals surface area contributed by atoms with Gasteiger partial charge in [-0.1, -0.05) is 39.0 Å². The van der Waals surface area contributed by atoms with Crippen LogP contribution in [0.25, 0.3) is 0 Å². The third kappa shape index (κ3) is 3.35. The van der Waals surface area contributed by atoms with Crippen molar-refractivity contribution >= 4 is 5.78 Å². The van der Waals surface area contributed by atoms with Gasteiger partial charge in [-0.25, -0.2) is 0 Å². The molecular weight excluding hydrogens is 195 g/mol. The topological polar surface area (TPSA) is 26.3 Å². The molecule has 0 aliphatic carbocycles. The molecule has 0 saturated heterocycles. The standard InChI is InChI=1S/C12H15FO2/c1-12(2,3)10(14)11(13)15-9-7-5-4-6-8-9/h4-8,11H,1-3H3. The van der Waals surface area contributed by atoms with Crippen LogP contribution in [0.5, 0.6) is 5.75 Å². The minimum Gasteiger partial charge on any atom is -0.453 e. The molecule has 1 atom stereocenters. The lowest BCUT2D eigenvalue weighted by molar-refractivity contribution is -0.141. The molecule has 0 aromatic heterocycles. The monoisotopic (exact) mass is 210 g/mol. The molecule has 0 N–H and O–H groups in total. The van der Waals surface area contributed by atoms with E-state index in [1.165, 1.54) is 0 Å². The van der Waals surface area contributed by atoms with Crippen molar-refractivity contribution < 1.29 is 13.9 Å². The van der Waals surface area contributed by atoms with Gasteiger partial charge < -0.3 is 4.74 Å². The van der Waals surface area contributed by atoms with Crippen molar-refractivity contribution in [2.45, 2.75) is 27.1 Å². The van der Waals surface area contributed by atoms with Gasteiger partial charge in [0, 0.05) is 5.41 Å². The molecule has 1 aromatic carbocycles. The van der Waals surface area contributed by atoms with E-state index >= 15 is 0 Å². The lowest BCUT2D eigenvalue weighted by atomic mass is 9.91. The number of para-hydroxylation sites is 1. The first kappa shape index (κ1) is 11.7. The summed E-state index contributed by atoms with van der Waals surface area (Å²) >= 11 is 0. The number of rotatable bonds is 3. The van der Waals surface area contributed by atoms with Crippen molar-refractivity contribution in [3.05, 3.63) is 30.3 Å². The fourth-order valence-electron chi connectivity index (χ4n) is 1.01. The van der Waals surface area contributed by atoms with Gasteiger partial charge in [0.25, 0.3) is 6.36 Å². The van der Waals surface area contributed by atoms with Crippen molar-refractivity contribution in [1.29, 1.82) is 0 Å². The number of halogens is 1. The van der Waals surface area contributed by atoms with Crippen LogP contribution in [-0.4, -0.2) is 12.1 Å². The summed E-state index contributed by atoms with van der Waals surface area (Å²) in [5.74, 6) is -0.186. The number of carbonyl (C=O) groups excluding carboxylic acids is 1. The first-order chi connectivity index (χ1) is 6.91. The number of hydrogen-bond acceptors (Lipinski definition) is 2. The second kappa shape index (κ2) is 4.43. The lowest BCUT2D eigenvalue weighted by Gasteiger charge is -2.19. The average Bonchev–Trinajstić information content (AvgIpc) is 2.16. The predicted octanol–water partition coefficient (Wildman–Crippen LogP) is 2.98. The second-order valence-corrected chi connectivity index (χ2v) is 4.36. The summed E-state index contributed by atoms with van der Waals surface area (Å²) in [4.78, 5) is 11.5. The Hall–Kier alpha value is -1.38. The van der Waals surface area contributed by atoms with Gasteiger partial charge in [0.2, 0.25) is 5.78 Å². The van der Waals surface area contributed by atoms with Crippen molar-refractivity contribution in [3.63, 3.8) is 0 Å². The molecule has 2 nitrogen and oxygen atoms in total. The average molecular weight is 210 g/mol. The maximum absolute atomic E-state index is 13.4. The quantitative estimate of drug-likeness (QED) is 0.766. The Bertz CT molecular complexity index is 327. The Morgan fingerprint density at radius 1 is 1.27 bits per heavy atom. The van der Waals surface area contributed by atoms with Crippen molar-refractivity contribution in [3.8, 4) is 5.75 Å². The third-order valence-electron chi connectivity index (χ3n) is 1.93. The summed E-state index contributed by atoms with van der Waals surface area (Å²) in [6.45, 7) is 4.99. The van der Waals surface area contributed by atoms with Gasteiger partial charge in [-0.3, -0.25) is 4.79 Å². The molecule has 1 rings (SSSR count). The molecule has 0 heterocycles. The van der Waals surface area contributed by atoms with E-state index in [0.29, 0.717) is 5.75 Å². The molecule has 3 heteroatoms. The van der Waals surface area contributed by atoms with Crippen LogP contribution in [0.3, 0.4) is 0 Å². The number of ketones is 1. The van der Waals surface area contributed by atoms with Crippen LogP contribution in [0, 0.1) is 5.41 Å². The molecule has 0 aliphatic rings. The van der Waals surface area contributed by atoms with E-state index in [4.69, 9.17) is 4.74 Å². The van der Waals surface area contributed by atoms with Crippen LogP contribution in [0.4, 0.5) is 4.39 Å². The first-order valence-electron chi connectivity index (χ1n) is 4.81. The number of hydrogen-bond donors (Lipinski definition) is 0. The van der Waals surface area contributed by atoms with E-state index in [-0.39, 0.29) is 0 Å². The molecule has 82 valence electrons. The largest absolute Gasteiger partial charge is 0.453 e. The van der Waals surface area contributed by atoms with Gasteiger partial charge in [-0.05, 0) is 12.1 Å².